The molecule has 6 heteroatoms. The maximum atomic E-state index is 12.4. The van der Waals surface area contributed by atoms with E-state index in [1.807, 2.05) is 0 Å². The van der Waals surface area contributed by atoms with Gasteiger partial charge in [0.25, 0.3) is 6.43 Å². The largest absolute Gasteiger partial charge is 0.325 e. The number of nitriles is 1. The zero-order chi connectivity index (χ0) is 10.7. The second-order valence-corrected chi connectivity index (χ2v) is 3.23. The van der Waals surface area contributed by atoms with E-state index in [1.54, 1.807) is 6.07 Å². The summed E-state index contributed by atoms with van der Waals surface area (Å²) >= 11 is 2.90. The minimum atomic E-state index is -2.66. The molecule has 0 amide bonds. The molecule has 1 aromatic rings. The Morgan fingerprint density at radius 2 is 2.29 bits per heavy atom. The first-order valence-corrected chi connectivity index (χ1v) is 4.47. The molecule has 14 heavy (non-hydrogen) atoms. The molecule has 0 aliphatic heterocycles. The first-order chi connectivity index (χ1) is 6.60. The van der Waals surface area contributed by atoms with Gasteiger partial charge in [-0.15, -0.1) is 0 Å². The summed E-state index contributed by atoms with van der Waals surface area (Å²) in [5, 5.41) is 8.64. The van der Waals surface area contributed by atoms with E-state index in [2.05, 4.69) is 20.9 Å². The number of rotatable bonds is 2. The van der Waals surface area contributed by atoms with Crippen molar-refractivity contribution in [1.29, 1.82) is 5.26 Å². The summed E-state index contributed by atoms with van der Waals surface area (Å²) in [7, 11) is 0. The van der Waals surface area contributed by atoms with Gasteiger partial charge in [-0.1, -0.05) is 0 Å². The molecule has 0 fully saturated rings. The third-order valence-electron chi connectivity index (χ3n) is 1.63. The smallest absolute Gasteiger partial charge is 0.266 e. The molecule has 0 aliphatic rings. The minimum Gasteiger partial charge on any atom is -0.325 e. The van der Waals surface area contributed by atoms with E-state index in [0.29, 0.717) is 5.69 Å². The fourth-order valence-corrected chi connectivity index (χ4v) is 1.45. The van der Waals surface area contributed by atoms with Crippen LogP contribution in [0.1, 0.15) is 23.2 Å². The van der Waals surface area contributed by atoms with Gasteiger partial charge in [-0.05, 0) is 22.0 Å². The van der Waals surface area contributed by atoms with Crippen LogP contribution in [0, 0.1) is 11.3 Å². The van der Waals surface area contributed by atoms with Gasteiger partial charge in [-0.2, -0.15) is 5.26 Å². The lowest BCUT2D eigenvalue weighted by Crippen LogP contribution is -2.05. The number of halogens is 3. The number of hydrogen-bond acceptors (Lipinski definition) is 3. The standard InChI is InChI=1S/C8H6BrF2N3/c9-7-5(8(10)11)1-4(2-12)6(3-13)14-7/h1,8H,3,13H2. The summed E-state index contributed by atoms with van der Waals surface area (Å²) in [5.74, 6) is 0. The van der Waals surface area contributed by atoms with E-state index in [0.717, 1.165) is 6.07 Å². The highest BCUT2D eigenvalue weighted by Crippen LogP contribution is 2.27. The molecule has 0 atom stereocenters. The maximum absolute atomic E-state index is 12.4. The second-order valence-electron chi connectivity index (χ2n) is 2.48. The lowest BCUT2D eigenvalue weighted by atomic mass is 10.1. The maximum Gasteiger partial charge on any atom is 0.266 e. The molecular weight excluding hydrogens is 256 g/mol. The zero-order valence-corrected chi connectivity index (χ0v) is 8.55. The molecule has 0 aromatic carbocycles. The molecule has 1 heterocycles. The Morgan fingerprint density at radius 3 is 2.71 bits per heavy atom. The van der Waals surface area contributed by atoms with Crippen LogP contribution < -0.4 is 5.73 Å². The zero-order valence-electron chi connectivity index (χ0n) is 6.97. The molecule has 0 spiro atoms. The van der Waals surface area contributed by atoms with E-state index in [4.69, 9.17) is 11.0 Å². The van der Waals surface area contributed by atoms with Crippen LogP contribution in [0.2, 0.25) is 0 Å². The Labute approximate surface area is 87.7 Å². The number of pyridine rings is 1. The van der Waals surface area contributed by atoms with Crippen molar-refractivity contribution in [1.82, 2.24) is 4.98 Å². The van der Waals surface area contributed by atoms with Crippen molar-refractivity contribution in [3.8, 4) is 6.07 Å². The van der Waals surface area contributed by atoms with Gasteiger partial charge in [-0.3, -0.25) is 0 Å². The topological polar surface area (TPSA) is 62.7 Å². The van der Waals surface area contributed by atoms with Gasteiger partial charge in [0.2, 0.25) is 0 Å². The number of alkyl halides is 2. The average molecular weight is 262 g/mol. The van der Waals surface area contributed by atoms with Crippen molar-refractivity contribution < 1.29 is 8.78 Å². The first kappa shape index (κ1) is 11.0. The van der Waals surface area contributed by atoms with Crippen molar-refractivity contribution in [2.45, 2.75) is 13.0 Å². The molecule has 3 nitrogen and oxygen atoms in total. The highest BCUT2D eigenvalue weighted by molar-refractivity contribution is 9.10. The highest BCUT2D eigenvalue weighted by Gasteiger charge is 2.16. The van der Waals surface area contributed by atoms with Crippen LogP contribution >= 0.6 is 15.9 Å². The van der Waals surface area contributed by atoms with Crippen LogP contribution in [0.3, 0.4) is 0 Å². The summed E-state index contributed by atoms with van der Waals surface area (Å²) in [6, 6.07) is 2.87. The van der Waals surface area contributed by atoms with Gasteiger partial charge in [0.1, 0.15) is 10.7 Å². The summed E-state index contributed by atoms with van der Waals surface area (Å²) in [6.07, 6.45) is -2.66. The third-order valence-corrected chi connectivity index (χ3v) is 2.27. The Kier molecular flexibility index (Phi) is 3.49. The molecule has 1 aromatic heterocycles. The van der Waals surface area contributed by atoms with Crippen LogP contribution in [-0.2, 0) is 6.54 Å². The minimum absolute atomic E-state index is 0.0342. The van der Waals surface area contributed by atoms with Crippen LogP contribution in [-0.4, -0.2) is 4.98 Å². The van der Waals surface area contributed by atoms with E-state index < -0.39 is 6.43 Å². The van der Waals surface area contributed by atoms with Crippen LogP contribution in [0.4, 0.5) is 8.78 Å². The number of nitrogens with two attached hydrogens (primary N) is 1. The molecule has 0 unspecified atom stereocenters. The normalized spacial score (nSPS) is 10.3. The molecule has 2 N–H and O–H groups in total. The van der Waals surface area contributed by atoms with E-state index >= 15 is 0 Å². The number of hydrogen-bond donors (Lipinski definition) is 1. The third kappa shape index (κ3) is 2.05. The van der Waals surface area contributed by atoms with Gasteiger partial charge in [0.05, 0.1) is 16.8 Å². The van der Waals surface area contributed by atoms with Crippen molar-refractivity contribution in [3.05, 3.63) is 27.5 Å². The quantitative estimate of drug-likeness (QED) is 0.830. The Balaban J connectivity index is 3.32. The van der Waals surface area contributed by atoms with Gasteiger partial charge < -0.3 is 5.73 Å². The molecule has 0 bridgehead atoms. The summed E-state index contributed by atoms with van der Waals surface area (Å²) in [6.45, 7) is 0.0466. The average Bonchev–Trinajstić information content (AvgIpc) is 2.16. The molecule has 0 radical (unpaired) electrons. The number of nitrogens with zero attached hydrogens (tertiary/aromatic N) is 2. The number of aromatic nitrogens is 1. The summed E-state index contributed by atoms with van der Waals surface area (Å²) in [5.41, 5.74) is 5.40. The Morgan fingerprint density at radius 1 is 1.64 bits per heavy atom. The fourth-order valence-electron chi connectivity index (χ4n) is 0.947. The predicted molar refractivity (Wildman–Crippen MR) is 49.5 cm³/mol. The van der Waals surface area contributed by atoms with Gasteiger partial charge in [-0.25, -0.2) is 13.8 Å². The summed E-state index contributed by atoms with van der Waals surface area (Å²) in [4.78, 5) is 3.77. The molecule has 0 saturated heterocycles. The Hall–Kier alpha value is -1.06. The van der Waals surface area contributed by atoms with Crippen molar-refractivity contribution in [3.63, 3.8) is 0 Å². The first-order valence-electron chi connectivity index (χ1n) is 3.67. The molecule has 0 aliphatic carbocycles. The fraction of sp³-hybridized carbons (Fsp3) is 0.250. The molecular formula is C8H6BrF2N3. The van der Waals surface area contributed by atoms with Gasteiger partial charge in [0.15, 0.2) is 0 Å². The van der Waals surface area contributed by atoms with Crippen LogP contribution in [0.5, 0.6) is 0 Å². The summed E-state index contributed by atoms with van der Waals surface area (Å²) < 4.78 is 24.8. The molecule has 1 rings (SSSR count). The highest BCUT2D eigenvalue weighted by atomic mass is 79.9. The molecule has 74 valence electrons. The monoisotopic (exact) mass is 261 g/mol. The van der Waals surface area contributed by atoms with Crippen molar-refractivity contribution in [2.24, 2.45) is 5.73 Å². The van der Waals surface area contributed by atoms with Gasteiger partial charge >= 0.3 is 0 Å². The van der Waals surface area contributed by atoms with Gasteiger partial charge in [0, 0.05) is 6.54 Å². The van der Waals surface area contributed by atoms with Crippen LogP contribution in [0.15, 0.2) is 10.7 Å². The van der Waals surface area contributed by atoms with Crippen molar-refractivity contribution >= 4 is 15.9 Å². The van der Waals surface area contributed by atoms with E-state index in [-0.39, 0.29) is 22.3 Å². The van der Waals surface area contributed by atoms with E-state index in [1.165, 1.54) is 0 Å². The predicted octanol–water partition coefficient (Wildman–Crippen LogP) is 2.11. The van der Waals surface area contributed by atoms with E-state index in [9.17, 15) is 8.78 Å². The second kappa shape index (κ2) is 4.44. The van der Waals surface area contributed by atoms with Crippen molar-refractivity contribution in [2.75, 3.05) is 0 Å². The lowest BCUT2D eigenvalue weighted by molar-refractivity contribution is 0.150. The lowest BCUT2D eigenvalue weighted by Gasteiger charge is -2.06. The van der Waals surface area contributed by atoms with Crippen LogP contribution in [0.25, 0.3) is 0 Å². The molecule has 0 saturated carbocycles. The SMILES string of the molecule is N#Cc1cc(C(F)F)c(Br)nc1CN. The Bertz CT molecular complexity index is 387.